The number of amides is 2. The highest BCUT2D eigenvalue weighted by atomic mass is 32.1. The maximum Gasteiger partial charge on any atom is 0.254 e. The van der Waals surface area contributed by atoms with Crippen LogP contribution in [0.4, 0.5) is 4.39 Å². The molecule has 1 aliphatic rings. The summed E-state index contributed by atoms with van der Waals surface area (Å²) in [4.78, 5) is 28.0. The van der Waals surface area contributed by atoms with Gasteiger partial charge in [-0.15, -0.1) is 11.3 Å². The fourth-order valence-electron chi connectivity index (χ4n) is 3.54. The number of benzene rings is 2. The molecule has 1 aromatic heterocycles. The Morgan fingerprint density at radius 3 is 2.34 bits per heavy atom. The number of hydrogen-bond donors (Lipinski definition) is 1. The summed E-state index contributed by atoms with van der Waals surface area (Å²) >= 11 is 1.67. The third kappa shape index (κ3) is 4.38. The van der Waals surface area contributed by atoms with E-state index < -0.39 is 11.7 Å². The summed E-state index contributed by atoms with van der Waals surface area (Å²) in [6, 6.07) is 17.6. The van der Waals surface area contributed by atoms with Gasteiger partial charge >= 0.3 is 0 Å². The number of thiophene rings is 1. The molecule has 2 heterocycles. The predicted molar refractivity (Wildman–Crippen MR) is 113 cm³/mol. The van der Waals surface area contributed by atoms with Crippen LogP contribution in [0.2, 0.25) is 0 Å². The normalized spacial score (nSPS) is 14.6. The second-order valence-electron chi connectivity index (χ2n) is 7.07. The SMILES string of the molecule is O=C(NC1CCN(C(=O)c2ccc(-c3cccs3)cc2)CC1)c1ccccc1F. The van der Waals surface area contributed by atoms with Crippen LogP contribution in [0.15, 0.2) is 66.0 Å². The number of nitrogens with zero attached hydrogens (tertiary/aromatic N) is 1. The Labute approximate surface area is 173 Å². The second-order valence-corrected chi connectivity index (χ2v) is 8.02. The zero-order valence-corrected chi connectivity index (χ0v) is 16.6. The van der Waals surface area contributed by atoms with Crippen molar-refractivity contribution in [3.63, 3.8) is 0 Å². The molecule has 1 saturated heterocycles. The summed E-state index contributed by atoms with van der Waals surface area (Å²) in [7, 11) is 0. The first-order chi connectivity index (χ1) is 14.1. The number of nitrogens with one attached hydrogen (secondary N) is 1. The van der Waals surface area contributed by atoms with E-state index in [2.05, 4.69) is 11.4 Å². The van der Waals surface area contributed by atoms with Crippen molar-refractivity contribution in [3.8, 4) is 10.4 Å². The van der Waals surface area contributed by atoms with Crippen LogP contribution in [0.25, 0.3) is 10.4 Å². The molecule has 3 aromatic rings. The molecule has 2 aromatic carbocycles. The first kappa shape index (κ1) is 19.3. The molecule has 29 heavy (non-hydrogen) atoms. The molecule has 1 fully saturated rings. The van der Waals surface area contributed by atoms with E-state index in [9.17, 15) is 14.0 Å². The van der Waals surface area contributed by atoms with Crippen molar-refractivity contribution >= 4 is 23.2 Å². The van der Waals surface area contributed by atoms with Crippen molar-refractivity contribution < 1.29 is 14.0 Å². The molecular weight excluding hydrogens is 387 g/mol. The maximum atomic E-state index is 13.8. The zero-order valence-electron chi connectivity index (χ0n) is 15.8. The molecule has 0 saturated carbocycles. The zero-order chi connectivity index (χ0) is 20.2. The van der Waals surface area contributed by atoms with Gasteiger partial charge in [-0.3, -0.25) is 9.59 Å². The van der Waals surface area contributed by atoms with Gasteiger partial charge in [-0.1, -0.05) is 30.3 Å². The van der Waals surface area contributed by atoms with Crippen LogP contribution in [-0.2, 0) is 0 Å². The highest BCUT2D eigenvalue weighted by Gasteiger charge is 2.25. The standard InChI is InChI=1S/C23H21FN2O2S/c24-20-5-2-1-4-19(20)22(27)25-18-11-13-26(14-12-18)23(28)17-9-7-16(8-10-17)21-6-3-15-29-21/h1-10,15,18H,11-14H2,(H,25,27). The predicted octanol–water partition coefficient (Wildman–Crippen LogP) is 4.59. The Morgan fingerprint density at radius 1 is 0.966 bits per heavy atom. The Balaban J connectivity index is 1.33. The molecular formula is C23H21FN2O2S. The average molecular weight is 408 g/mol. The van der Waals surface area contributed by atoms with E-state index in [0.29, 0.717) is 31.5 Å². The largest absolute Gasteiger partial charge is 0.349 e. The average Bonchev–Trinajstić information content (AvgIpc) is 3.29. The number of halogens is 1. The first-order valence-corrected chi connectivity index (χ1v) is 10.5. The van der Waals surface area contributed by atoms with E-state index in [0.717, 1.165) is 5.56 Å². The van der Waals surface area contributed by atoms with Crippen LogP contribution in [0, 0.1) is 5.82 Å². The number of piperidine rings is 1. The van der Waals surface area contributed by atoms with Crippen LogP contribution in [0.3, 0.4) is 0 Å². The lowest BCUT2D eigenvalue weighted by atomic mass is 10.0. The van der Waals surface area contributed by atoms with Gasteiger partial charge in [-0.05, 0) is 54.1 Å². The first-order valence-electron chi connectivity index (χ1n) is 9.60. The van der Waals surface area contributed by atoms with Gasteiger partial charge in [0.2, 0.25) is 0 Å². The van der Waals surface area contributed by atoms with Crippen LogP contribution in [-0.4, -0.2) is 35.8 Å². The van der Waals surface area contributed by atoms with Crippen LogP contribution >= 0.6 is 11.3 Å². The monoisotopic (exact) mass is 408 g/mol. The summed E-state index contributed by atoms with van der Waals surface area (Å²) in [5.74, 6) is -0.928. The van der Waals surface area contributed by atoms with Gasteiger partial charge < -0.3 is 10.2 Å². The number of carbonyl (C=O) groups excluding carboxylic acids is 2. The Bertz CT molecular complexity index is 994. The van der Waals surface area contributed by atoms with Crippen molar-refractivity contribution in [2.75, 3.05) is 13.1 Å². The van der Waals surface area contributed by atoms with Gasteiger partial charge in [-0.2, -0.15) is 0 Å². The van der Waals surface area contributed by atoms with Gasteiger partial charge in [-0.25, -0.2) is 4.39 Å². The Kier molecular flexibility index (Phi) is 5.71. The lowest BCUT2D eigenvalue weighted by Crippen LogP contribution is -2.46. The smallest absolute Gasteiger partial charge is 0.254 e. The molecule has 4 nitrogen and oxygen atoms in total. The highest BCUT2D eigenvalue weighted by Crippen LogP contribution is 2.25. The summed E-state index contributed by atoms with van der Waals surface area (Å²) in [5, 5.41) is 4.91. The quantitative estimate of drug-likeness (QED) is 0.687. The van der Waals surface area contributed by atoms with E-state index >= 15 is 0 Å². The summed E-state index contributed by atoms with van der Waals surface area (Å²) in [6.07, 6.45) is 1.30. The molecule has 0 aliphatic carbocycles. The van der Waals surface area contributed by atoms with Gasteiger partial charge in [0, 0.05) is 29.6 Å². The van der Waals surface area contributed by atoms with Crippen LogP contribution < -0.4 is 5.32 Å². The van der Waals surface area contributed by atoms with E-state index in [-0.39, 0.29) is 17.5 Å². The van der Waals surface area contributed by atoms with Gasteiger partial charge in [0.05, 0.1) is 5.56 Å². The maximum absolute atomic E-state index is 13.8. The molecule has 0 unspecified atom stereocenters. The lowest BCUT2D eigenvalue weighted by molar-refractivity contribution is 0.0698. The van der Waals surface area contributed by atoms with E-state index in [1.807, 2.05) is 40.6 Å². The molecule has 1 N–H and O–H groups in total. The van der Waals surface area contributed by atoms with E-state index in [4.69, 9.17) is 0 Å². The molecule has 6 heteroatoms. The third-order valence-electron chi connectivity index (χ3n) is 5.17. The number of hydrogen-bond acceptors (Lipinski definition) is 3. The molecule has 1 aliphatic heterocycles. The van der Waals surface area contributed by atoms with Crippen molar-refractivity contribution in [2.45, 2.75) is 18.9 Å². The molecule has 0 atom stereocenters. The summed E-state index contributed by atoms with van der Waals surface area (Å²) in [5.41, 5.74) is 1.82. The molecule has 2 amide bonds. The van der Waals surface area contributed by atoms with Crippen LogP contribution in [0.1, 0.15) is 33.6 Å². The topological polar surface area (TPSA) is 49.4 Å². The fraction of sp³-hybridized carbons (Fsp3) is 0.217. The molecule has 148 valence electrons. The molecule has 4 rings (SSSR count). The van der Waals surface area contributed by atoms with Crippen LogP contribution in [0.5, 0.6) is 0 Å². The number of rotatable bonds is 4. The second kappa shape index (κ2) is 8.57. The van der Waals surface area contributed by atoms with Crippen molar-refractivity contribution in [1.82, 2.24) is 10.2 Å². The van der Waals surface area contributed by atoms with Crippen molar-refractivity contribution in [2.24, 2.45) is 0 Å². The van der Waals surface area contributed by atoms with E-state index in [1.54, 1.807) is 23.5 Å². The summed E-state index contributed by atoms with van der Waals surface area (Å²) < 4.78 is 13.8. The number of likely N-dealkylation sites (tertiary alicyclic amines) is 1. The Morgan fingerprint density at radius 2 is 1.69 bits per heavy atom. The molecule has 0 spiro atoms. The Hall–Kier alpha value is -2.99. The lowest BCUT2D eigenvalue weighted by Gasteiger charge is -2.32. The minimum atomic E-state index is -0.524. The summed E-state index contributed by atoms with van der Waals surface area (Å²) in [6.45, 7) is 1.13. The van der Waals surface area contributed by atoms with Gasteiger partial charge in [0.15, 0.2) is 0 Å². The molecule has 0 bridgehead atoms. The molecule has 0 radical (unpaired) electrons. The number of carbonyl (C=O) groups is 2. The highest BCUT2D eigenvalue weighted by molar-refractivity contribution is 7.13. The fourth-order valence-corrected chi connectivity index (χ4v) is 4.27. The van der Waals surface area contributed by atoms with Gasteiger partial charge in [0.25, 0.3) is 11.8 Å². The third-order valence-corrected chi connectivity index (χ3v) is 6.09. The van der Waals surface area contributed by atoms with Gasteiger partial charge in [0.1, 0.15) is 5.82 Å². The minimum absolute atomic E-state index is 0.00149. The van der Waals surface area contributed by atoms with Crippen molar-refractivity contribution in [3.05, 3.63) is 83.0 Å². The van der Waals surface area contributed by atoms with E-state index in [1.165, 1.54) is 17.0 Å². The van der Waals surface area contributed by atoms with Crippen molar-refractivity contribution in [1.29, 1.82) is 0 Å². The minimum Gasteiger partial charge on any atom is -0.349 e.